The number of nitrogens with one attached hydrogen (secondary N) is 1. The van der Waals surface area contributed by atoms with Crippen molar-refractivity contribution in [2.24, 2.45) is 5.73 Å². The fourth-order valence-electron chi connectivity index (χ4n) is 1.82. The summed E-state index contributed by atoms with van der Waals surface area (Å²) in [4.78, 5) is 26.7. The number of anilines is 1. The Balaban J connectivity index is 1.65. The molecule has 0 aliphatic heterocycles. The molecule has 0 aliphatic rings. The summed E-state index contributed by atoms with van der Waals surface area (Å²) in [6, 6.07) is 12.0. The first-order valence-electron chi connectivity index (χ1n) is 7.40. The Morgan fingerprint density at radius 3 is 2.71 bits per heavy atom. The highest BCUT2D eigenvalue weighted by Crippen LogP contribution is 2.29. The molecule has 1 unspecified atom stereocenters. The zero-order chi connectivity index (χ0) is 17.2. The summed E-state index contributed by atoms with van der Waals surface area (Å²) in [6.07, 6.45) is 3.98. The Morgan fingerprint density at radius 2 is 2.04 bits per heavy atom. The summed E-state index contributed by atoms with van der Waals surface area (Å²) in [5, 5.41) is 4.02. The van der Waals surface area contributed by atoms with E-state index in [2.05, 4.69) is 10.3 Å². The Kier molecular flexibility index (Phi) is 7.81. The zero-order valence-electron chi connectivity index (χ0n) is 13.0. The molecular formula is C17H18N3O2S2. The Morgan fingerprint density at radius 1 is 1.25 bits per heavy atom. The lowest BCUT2D eigenvalue weighted by atomic mass is 10.1. The number of benzene rings is 1. The number of Topliss-reactive ketones (excluding diaryl/α,β-unsaturated/α-hetero) is 1. The highest BCUT2D eigenvalue weighted by Gasteiger charge is 2.13. The normalized spacial score (nSPS) is 11.7. The van der Waals surface area contributed by atoms with Gasteiger partial charge in [-0.25, -0.2) is 4.98 Å². The van der Waals surface area contributed by atoms with Crippen molar-refractivity contribution in [3.63, 3.8) is 0 Å². The van der Waals surface area contributed by atoms with E-state index in [-0.39, 0.29) is 5.78 Å². The van der Waals surface area contributed by atoms with Crippen LogP contribution in [0.5, 0.6) is 0 Å². The summed E-state index contributed by atoms with van der Waals surface area (Å²) < 4.78 is 0. The first kappa shape index (κ1) is 18.5. The first-order valence-corrected chi connectivity index (χ1v) is 9.72. The lowest BCUT2D eigenvalue weighted by molar-refractivity contribution is -0.119. The first-order chi connectivity index (χ1) is 11.7. The van der Waals surface area contributed by atoms with Gasteiger partial charge in [-0.3, -0.25) is 9.59 Å². The third kappa shape index (κ3) is 6.35. The minimum Gasteiger partial charge on any atom is -0.383 e. The highest BCUT2D eigenvalue weighted by molar-refractivity contribution is 8.76. The molecule has 0 saturated heterocycles. The summed E-state index contributed by atoms with van der Waals surface area (Å²) >= 11 is 0. The maximum absolute atomic E-state index is 12.0. The summed E-state index contributed by atoms with van der Waals surface area (Å²) in [6.45, 7) is 0.362. The second-order valence-corrected chi connectivity index (χ2v) is 7.39. The second kappa shape index (κ2) is 10.1. The number of hydrogen-bond acceptors (Lipinski definition) is 7. The molecule has 1 atom stereocenters. The van der Waals surface area contributed by atoms with Crippen LogP contribution in [0.2, 0.25) is 0 Å². The van der Waals surface area contributed by atoms with Gasteiger partial charge in [-0.05, 0) is 47.2 Å². The number of carbonyl (C=O) groups excluding carboxylic acids is 2. The van der Waals surface area contributed by atoms with Crippen LogP contribution in [0.1, 0.15) is 12.0 Å². The van der Waals surface area contributed by atoms with Crippen LogP contribution in [0.25, 0.3) is 0 Å². The predicted molar refractivity (Wildman–Crippen MR) is 99.9 cm³/mol. The van der Waals surface area contributed by atoms with E-state index in [0.29, 0.717) is 24.3 Å². The molecule has 1 aromatic carbocycles. The summed E-state index contributed by atoms with van der Waals surface area (Å²) in [7, 11) is 3.14. The molecule has 1 heterocycles. The fourth-order valence-corrected chi connectivity index (χ4v) is 3.71. The van der Waals surface area contributed by atoms with Crippen LogP contribution in [0, 0.1) is 0 Å². The maximum Gasteiger partial charge on any atom is 0.233 e. The van der Waals surface area contributed by atoms with Gasteiger partial charge in [0.2, 0.25) is 6.29 Å². The van der Waals surface area contributed by atoms with E-state index < -0.39 is 6.04 Å². The van der Waals surface area contributed by atoms with E-state index in [1.54, 1.807) is 52.1 Å². The largest absolute Gasteiger partial charge is 0.383 e. The van der Waals surface area contributed by atoms with Crippen LogP contribution in [0.15, 0.2) is 53.7 Å². The van der Waals surface area contributed by atoms with Crippen LogP contribution in [0.3, 0.4) is 0 Å². The third-order valence-electron chi connectivity index (χ3n) is 3.16. The molecule has 0 amide bonds. The van der Waals surface area contributed by atoms with Crippen LogP contribution < -0.4 is 11.1 Å². The van der Waals surface area contributed by atoms with Crippen LogP contribution >= 0.6 is 21.6 Å². The molecular weight excluding hydrogens is 342 g/mol. The van der Waals surface area contributed by atoms with Crippen LogP contribution in [0.4, 0.5) is 5.69 Å². The predicted octanol–water partition coefficient (Wildman–Crippen LogP) is 2.68. The SMILES string of the molecule is NC(CNc1ccc([C]=O)cc1)C(=O)CCSSc1ccccn1. The second-order valence-electron chi connectivity index (χ2n) is 4.96. The molecule has 0 bridgehead atoms. The number of nitrogens with zero attached hydrogens (tertiary/aromatic N) is 1. The van der Waals surface area contributed by atoms with E-state index in [9.17, 15) is 9.59 Å². The van der Waals surface area contributed by atoms with Crippen molar-refractivity contribution in [2.45, 2.75) is 17.5 Å². The number of nitrogens with two attached hydrogens (primary N) is 1. The molecule has 5 nitrogen and oxygen atoms in total. The number of pyridine rings is 1. The van der Waals surface area contributed by atoms with Crippen molar-refractivity contribution in [1.29, 1.82) is 0 Å². The van der Waals surface area contributed by atoms with Crippen molar-refractivity contribution >= 4 is 39.3 Å². The lowest BCUT2D eigenvalue weighted by Gasteiger charge is -2.12. The van der Waals surface area contributed by atoms with Crippen LogP contribution in [-0.2, 0) is 9.59 Å². The van der Waals surface area contributed by atoms with Crippen molar-refractivity contribution in [3.8, 4) is 0 Å². The molecule has 0 saturated carbocycles. The number of carbonyl (C=O) groups is 1. The van der Waals surface area contributed by atoms with E-state index >= 15 is 0 Å². The van der Waals surface area contributed by atoms with Gasteiger partial charge >= 0.3 is 0 Å². The molecule has 0 fully saturated rings. The average molecular weight is 360 g/mol. The van der Waals surface area contributed by atoms with Gasteiger partial charge in [0.05, 0.1) is 6.04 Å². The molecule has 3 N–H and O–H groups in total. The number of aromatic nitrogens is 1. The Labute approximate surface area is 149 Å². The minimum absolute atomic E-state index is 0.0227. The number of ketones is 1. The topological polar surface area (TPSA) is 85.1 Å². The van der Waals surface area contributed by atoms with Gasteiger partial charge in [0.25, 0.3) is 0 Å². The highest BCUT2D eigenvalue weighted by atomic mass is 33.1. The Hall–Kier alpha value is -1.83. The van der Waals surface area contributed by atoms with E-state index in [4.69, 9.17) is 5.73 Å². The smallest absolute Gasteiger partial charge is 0.233 e. The molecule has 7 heteroatoms. The van der Waals surface area contributed by atoms with Gasteiger partial charge in [-0.1, -0.05) is 16.9 Å². The van der Waals surface area contributed by atoms with Crippen molar-refractivity contribution in [2.75, 3.05) is 17.6 Å². The van der Waals surface area contributed by atoms with Crippen molar-refractivity contribution in [1.82, 2.24) is 4.98 Å². The summed E-state index contributed by atoms with van der Waals surface area (Å²) in [5.41, 5.74) is 7.22. The summed E-state index contributed by atoms with van der Waals surface area (Å²) in [5.74, 6) is 0.715. The number of rotatable bonds is 10. The van der Waals surface area contributed by atoms with Gasteiger partial charge in [-0.15, -0.1) is 0 Å². The molecule has 1 aromatic heterocycles. The van der Waals surface area contributed by atoms with Crippen molar-refractivity contribution < 1.29 is 9.59 Å². The van der Waals surface area contributed by atoms with E-state index in [1.807, 2.05) is 24.5 Å². The fraction of sp³-hybridized carbons (Fsp3) is 0.235. The molecule has 1 radical (unpaired) electrons. The monoisotopic (exact) mass is 360 g/mol. The van der Waals surface area contributed by atoms with Crippen molar-refractivity contribution in [3.05, 3.63) is 54.2 Å². The van der Waals surface area contributed by atoms with Gasteiger partial charge < -0.3 is 11.1 Å². The zero-order valence-corrected chi connectivity index (χ0v) is 14.6. The molecule has 125 valence electrons. The van der Waals surface area contributed by atoms with E-state index in [0.717, 1.165) is 10.7 Å². The maximum atomic E-state index is 12.0. The standard InChI is InChI=1S/C17H18N3O2S2/c18-15(11-20-14-6-4-13(12-21)5-7-14)16(22)8-10-23-24-17-3-1-2-9-19-17/h1-7,9,15,20H,8,10-11,18H2. The van der Waals surface area contributed by atoms with Gasteiger partial charge in [0.1, 0.15) is 5.03 Å². The average Bonchev–Trinajstić information content (AvgIpc) is 2.64. The van der Waals surface area contributed by atoms with Gasteiger partial charge in [0.15, 0.2) is 5.78 Å². The van der Waals surface area contributed by atoms with Crippen LogP contribution in [-0.4, -0.2) is 35.4 Å². The molecule has 0 spiro atoms. The molecule has 2 rings (SSSR count). The third-order valence-corrected chi connectivity index (χ3v) is 5.42. The van der Waals surface area contributed by atoms with E-state index in [1.165, 1.54) is 0 Å². The molecule has 24 heavy (non-hydrogen) atoms. The van der Waals surface area contributed by atoms with Gasteiger partial charge in [0, 0.05) is 36.2 Å². The molecule has 0 aliphatic carbocycles. The lowest BCUT2D eigenvalue weighted by Crippen LogP contribution is -2.37. The minimum atomic E-state index is -0.553. The molecule has 2 aromatic rings. The Bertz CT molecular complexity index is 651. The quantitative estimate of drug-likeness (QED) is 0.498. The van der Waals surface area contributed by atoms with Gasteiger partial charge in [-0.2, -0.15) is 0 Å². The number of hydrogen-bond donors (Lipinski definition) is 2.